The molecule has 2 rings (SSSR count). The number of quaternary nitrogens is 1. The molecule has 2 N–H and O–H groups in total. The molecule has 0 radical (unpaired) electrons. The molecule has 1 heterocycles. The Morgan fingerprint density at radius 3 is 2.65 bits per heavy atom. The highest BCUT2D eigenvalue weighted by atomic mass is 16.1. The summed E-state index contributed by atoms with van der Waals surface area (Å²) >= 11 is 0. The van der Waals surface area contributed by atoms with Crippen molar-refractivity contribution in [3.8, 4) is 0 Å². The third-order valence-electron chi connectivity index (χ3n) is 2.57. The molecule has 17 heavy (non-hydrogen) atoms. The molecule has 0 aliphatic carbocycles. The quantitative estimate of drug-likeness (QED) is 0.748. The molecule has 3 nitrogen and oxygen atoms in total. The SMILES string of the molecule is CC(/C=C1\Nc2ccccc2C1=O)=C\[NH+](C)C. The second-order valence-corrected chi connectivity index (χ2v) is 4.52. The van der Waals surface area contributed by atoms with E-state index in [9.17, 15) is 4.79 Å². The number of Topliss-reactive ketones (excluding diaryl/α,β-unsaturated/α-hetero) is 1. The summed E-state index contributed by atoms with van der Waals surface area (Å²) in [6.45, 7) is 2.00. The number of allylic oxidation sites excluding steroid dienone is 3. The zero-order valence-corrected chi connectivity index (χ0v) is 10.4. The van der Waals surface area contributed by atoms with Gasteiger partial charge in [-0.3, -0.25) is 4.79 Å². The molecule has 3 heteroatoms. The molecule has 1 aromatic carbocycles. The Labute approximate surface area is 101 Å². The Morgan fingerprint density at radius 2 is 2.00 bits per heavy atom. The normalized spacial score (nSPS) is 17.5. The van der Waals surface area contributed by atoms with Crippen molar-refractivity contribution in [2.24, 2.45) is 0 Å². The molecule has 1 aliphatic heterocycles. The lowest BCUT2D eigenvalue weighted by atomic mass is 10.1. The highest BCUT2D eigenvalue weighted by molar-refractivity contribution is 6.18. The first-order valence-electron chi connectivity index (χ1n) is 5.69. The van der Waals surface area contributed by atoms with Gasteiger partial charge in [0.25, 0.3) is 0 Å². The van der Waals surface area contributed by atoms with Crippen LogP contribution in [-0.2, 0) is 0 Å². The van der Waals surface area contributed by atoms with Gasteiger partial charge in [-0.1, -0.05) is 12.1 Å². The lowest BCUT2D eigenvalue weighted by molar-refractivity contribution is -0.801. The Hall–Kier alpha value is -1.87. The largest absolute Gasteiger partial charge is 0.352 e. The van der Waals surface area contributed by atoms with E-state index in [-0.39, 0.29) is 5.78 Å². The average Bonchev–Trinajstić information content (AvgIpc) is 2.55. The van der Waals surface area contributed by atoms with Crippen molar-refractivity contribution in [1.29, 1.82) is 0 Å². The number of para-hydroxylation sites is 1. The van der Waals surface area contributed by atoms with Crippen molar-refractivity contribution in [1.82, 2.24) is 0 Å². The second kappa shape index (κ2) is 4.55. The molecule has 0 atom stereocenters. The van der Waals surface area contributed by atoms with E-state index in [1.165, 1.54) is 4.90 Å². The van der Waals surface area contributed by atoms with Gasteiger partial charge in [0.05, 0.1) is 26.0 Å². The van der Waals surface area contributed by atoms with Gasteiger partial charge in [0.2, 0.25) is 5.78 Å². The number of nitrogens with one attached hydrogen (secondary N) is 2. The zero-order chi connectivity index (χ0) is 12.4. The van der Waals surface area contributed by atoms with Crippen LogP contribution in [0.2, 0.25) is 0 Å². The highest BCUT2D eigenvalue weighted by Gasteiger charge is 2.23. The van der Waals surface area contributed by atoms with E-state index in [4.69, 9.17) is 0 Å². The third kappa shape index (κ3) is 2.45. The van der Waals surface area contributed by atoms with Crippen molar-refractivity contribution < 1.29 is 9.69 Å². The van der Waals surface area contributed by atoms with Crippen LogP contribution in [0.4, 0.5) is 5.69 Å². The fraction of sp³-hybridized carbons (Fsp3) is 0.214. The molecule has 0 aromatic heterocycles. The predicted octanol–water partition coefficient (Wildman–Crippen LogP) is 1.23. The summed E-state index contributed by atoms with van der Waals surface area (Å²) in [5.74, 6) is 0.0714. The number of hydrogen-bond acceptors (Lipinski definition) is 2. The van der Waals surface area contributed by atoms with Crippen molar-refractivity contribution in [3.05, 3.63) is 53.4 Å². The number of carbonyl (C=O) groups is 1. The van der Waals surface area contributed by atoms with Gasteiger partial charge in [-0.25, -0.2) is 0 Å². The Kier molecular flexibility index (Phi) is 3.11. The summed E-state index contributed by atoms with van der Waals surface area (Å²) in [6.07, 6.45) is 3.96. The first-order chi connectivity index (χ1) is 8.08. The summed E-state index contributed by atoms with van der Waals surface area (Å²) in [7, 11) is 4.08. The van der Waals surface area contributed by atoms with E-state index < -0.39 is 0 Å². The summed E-state index contributed by atoms with van der Waals surface area (Å²) in [4.78, 5) is 13.3. The molecule has 0 saturated heterocycles. The van der Waals surface area contributed by atoms with Gasteiger partial charge in [0.15, 0.2) is 0 Å². The Morgan fingerprint density at radius 1 is 1.29 bits per heavy atom. The molecule has 0 spiro atoms. The molecular weight excluding hydrogens is 212 g/mol. The van der Waals surface area contributed by atoms with Crippen LogP contribution in [0.5, 0.6) is 0 Å². The minimum absolute atomic E-state index is 0.0714. The molecule has 0 unspecified atom stereocenters. The van der Waals surface area contributed by atoms with Crippen LogP contribution in [0.15, 0.2) is 47.8 Å². The first kappa shape index (κ1) is 11.6. The number of anilines is 1. The lowest BCUT2D eigenvalue weighted by Gasteiger charge is -2.01. The second-order valence-electron chi connectivity index (χ2n) is 4.52. The Bertz CT molecular complexity index is 513. The van der Waals surface area contributed by atoms with Crippen LogP contribution in [0, 0.1) is 0 Å². The number of rotatable bonds is 2. The monoisotopic (exact) mass is 229 g/mol. The maximum Gasteiger partial charge on any atom is 0.211 e. The summed E-state index contributed by atoms with van der Waals surface area (Å²) in [5.41, 5.74) is 3.38. The van der Waals surface area contributed by atoms with E-state index in [0.717, 1.165) is 16.8 Å². The third-order valence-corrected chi connectivity index (χ3v) is 2.57. The molecule has 88 valence electrons. The minimum atomic E-state index is 0.0714. The number of fused-ring (bicyclic) bond motifs is 1. The van der Waals surface area contributed by atoms with Gasteiger partial charge in [0, 0.05) is 16.8 Å². The Balaban J connectivity index is 2.29. The van der Waals surface area contributed by atoms with Gasteiger partial charge in [-0.2, -0.15) is 0 Å². The molecule has 0 saturated carbocycles. The van der Waals surface area contributed by atoms with Crippen molar-refractivity contribution in [2.45, 2.75) is 6.92 Å². The molecule has 1 aliphatic rings. The summed E-state index contributed by atoms with van der Waals surface area (Å²) in [6, 6.07) is 7.58. The molecule has 0 fully saturated rings. The number of hydrogen-bond donors (Lipinski definition) is 2. The first-order valence-corrected chi connectivity index (χ1v) is 5.69. The van der Waals surface area contributed by atoms with Crippen LogP contribution >= 0.6 is 0 Å². The van der Waals surface area contributed by atoms with Gasteiger partial charge in [0.1, 0.15) is 0 Å². The summed E-state index contributed by atoms with van der Waals surface area (Å²) < 4.78 is 0. The van der Waals surface area contributed by atoms with Crippen molar-refractivity contribution in [2.75, 3.05) is 19.4 Å². The van der Waals surface area contributed by atoms with Crippen LogP contribution < -0.4 is 10.2 Å². The summed E-state index contributed by atoms with van der Waals surface area (Å²) in [5, 5.41) is 3.15. The smallest absolute Gasteiger partial charge is 0.211 e. The van der Waals surface area contributed by atoms with Crippen LogP contribution in [0.25, 0.3) is 0 Å². The maximum absolute atomic E-state index is 12.1. The van der Waals surface area contributed by atoms with Crippen LogP contribution in [0.3, 0.4) is 0 Å². The number of carbonyl (C=O) groups excluding carboxylic acids is 1. The van der Waals surface area contributed by atoms with E-state index in [1.54, 1.807) is 0 Å². The van der Waals surface area contributed by atoms with Crippen LogP contribution in [-0.4, -0.2) is 19.9 Å². The highest BCUT2D eigenvalue weighted by Crippen LogP contribution is 2.27. The number of benzene rings is 1. The number of ketones is 1. The van der Waals surface area contributed by atoms with Crippen molar-refractivity contribution >= 4 is 11.5 Å². The van der Waals surface area contributed by atoms with Gasteiger partial charge < -0.3 is 10.2 Å². The predicted molar refractivity (Wildman–Crippen MR) is 69.0 cm³/mol. The minimum Gasteiger partial charge on any atom is -0.352 e. The van der Waals surface area contributed by atoms with E-state index >= 15 is 0 Å². The van der Waals surface area contributed by atoms with Gasteiger partial charge >= 0.3 is 0 Å². The van der Waals surface area contributed by atoms with E-state index in [1.807, 2.05) is 51.4 Å². The molecule has 0 bridgehead atoms. The lowest BCUT2D eigenvalue weighted by Crippen LogP contribution is -3.00. The fourth-order valence-electron chi connectivity index (χ4n) is 1.96. The average molecular weight is 229 g/mol. The van der Waals surface area contributed by atoms with Crippen molar-refractivity contribution in [3.63, 3.8) is 0 Å². The standard InChI is InChI=1S/C14H16N2O/c1-10(9-16(2)3)8-13-14(17)11-6-4-5-7-12(11)15-13/h4-9,15H,1-3H3/p+1/b10-9+,13-8-. The molecule has 1 aromatic rings. The molecule has 0 amide bonds. The molecular formula is C14H17N2O+. The van der Waals surface area contributed by atoms with Gasteiger partial charge in [-0.05, 0) is 25.1 Å². The topological polar surface area (TPSA) is 33.5 Å². The maximum atomic E-state index is 12.1. The fourth-order valence-corrected chi connectivity index (χ4v) is 1.96. The zero-order valence-electron chi connectivity index (χ0n) is 10.4. The van der Waals surface area contributed by atoms with Crippen LogP contribution in [0.1, 0.15) is 17.3 Å². The van der Waals surface area contributed by atoms with E-state index in [2.05, 4.69) is 11.5 Å². The van der Waals surface area contributed by atoms with E-state index in [0.29, 0.717) is 5.70 Å². The van der Waals surface area contributed by atoms with Gasteiger partial charge in [-0.15, -0.1) is 0 Å².